The van der Waals surface area contributed by atoms with Gasteiger partial charge in [0.15, 0.2) is 5.78 Å². The van der Waals surface area contributed by atoms with E-state index in [1.807, 2.05) is 6.08 Å². The van der Waals surface area contributed by atoms with Crippen LogP contribution in [0.25, 0.3) is 0 Å². The highest BCUT2D eigenvalue weighted by atomic mass is 16.1. The van der Waals surface area contributed by atoms with Gasteiger partial charge in [0.2, 0.25) is 0 Å². The summed E-state index contributed by atoms with van der Waals surface area (Å²) in [6, 6.07) is 0. The standard InChI is InChI=1S/C21H28O2/c1-13(22)18-9-11-21(3)19-7-4-14-12-15(23)5-6-16(14)17(19)8-10-20(18,21)2/h4,7,12,16-19H,5-6,8-11H2,1-3H3/t16?,17?,18?,19?,20?,21-/m0/s1. The molecule has 0 aromatic rings. The van der Waals surface area contributed by atoms with Crippen LogP contribution < -0.4 is 0 Å². The molecule has 2 saturated carbocycles. The Bertz CT molecular complexity index is 628. The monoisotopic (exact) mass is 312 g/mol. The van der Waals surface area contributed by atoms with Crippen LogP contribution in [-0.4, -0.2) is 11.6 Å². The molecule has 2 heteroatoms. The number of ketones is 2. The van der Waals surface area contributed by atoms with Crippen molar-refractivity contribution in [2.45, 2.75) is 59.3 Å². The predicted molar refractivity (Wildman–Crippen MR) is 90.8 cm³/mol. The van der Waals surface area contributed by atoms with Gasteiger partial charge in [-0.25, -0.2) is 0 Å². The van der Waals surface area contributed by atoms with Gasteiger partial charge in [0.1, 0.15) is 5.78 Å². The molecule has 2 fully saturated rings. The summed E-state index contributed by atoms with van der Waals surface area (Å²) in [6.45, 7) is 6.61. The highest BCUT2D eigenvalue weighted by Crippen LogP contribution is 2.69. The molecule has 0 N–H and O–H groups in total. The van der Waals surface area contributed by atoms with Crippen LogP contribution in [0.3, 0.4) is 0 Å². The Kier molecular flexibility index (Phi) is 3.28. The van der Waals surface area contributed by atoms with E-state index in [-0.39, 0.29) is 16.7 Å². The van der Waals surface area contributed by atoms with Gasteiger partial charge in [0, 0.05) is 12.3 Å². The third-order valence-corrected chi connectivity index (χ3v) is 8.18. The van der Waals surface area contributed by atoms with Crippen LogP contribution in [0.15, 0.2) is 23.8 Å². The first-order valence-corrected chi connectivity index (χ1v) is 9.30. The Labute approximate surface area is 139 Å². The molecule has 124 valence electrons. The van der Waals surface area contributed by atoms with Gasteiger partial charge in [0.05, 0.1) is 0 Å². The minimum absolute atomic E-state index is 0.149. The molecule has 0 bridgehead atoms. The fourth-order valence-corrected chi connectivity index (χ4v) is 6.71. The van der Waals surface area contributed by atoms with E-state index in [4.69, 9.17) is 0 Å². The zero-order chi connectivity index (χ0) is 16.4. The lowest BCUT2D eigenvalue weighted by Gasteiger charge is -2.58. The van der Waals surface area contributed by atoms with Crippen molar-refractivity contribution in [3.63, 3.8) is 0 Å². The van der Waals surface area contributed by atoms with Crippen LogP contribution >= 0.6 is 0 Å². The van der Waals surface area contributed by atoms with Crippen LogP contribution in [0.4, 0.5) is 0 Å². The first kappa shape index (κ1) is 15.4. The smallest absolute Gasteiger partial charge is 0.155 e. The fraction of sp³-hybridized carbons (Fsp3) is 0.714. The second-order valence-corrected chi connectivity index (χ2v) is 8.88. The Morgan fingerprint density at radius 3 is 2.61 bits per heavy atom. The second-order valence-electron chi connectivity index (χ2n) is 8.88. The van der Waals surface area contributed by atoms with E-state index in [0.717, 1.165) is 19.3 Å². The van der Waals surface area contributed by atoms with Crippen molar-refractivity contribution in [2.75, 3.05) is 0 Å². The van der Waals surface area contributed by atoms with E-state index in [1.165, 1.54) is 24.8 Å². The van der Waals surface area contributed by atoms with Gasteiger partial charge < -0.3 is 0 Å². The first-order valence-electron chi connectivity index (χ1n) is 9.30. The second kappa shape index (κ2) is 4.91. The summed E-state index contributed by atoms with van der Waals surface area (Å²) < 4.78 is 0. The zero-order valence-electron chi connectivity index (χ0n) is 14.6. The minimum atomic E-state index is 0.149. The molecule has 4 aliphatic carbocycles. The Morgan fingerprint density at radius 2 is 1.87 bits per heavy atom. The molecule has 0 heterocycles. The van der Waals surface area contributed by atoms with Crippen molar-refractivity contribution in [3.8, 4) is 0 Å². The molecule has 6 atom stereocenters. The lowest BCUT2D eigenvalue weighted by molar-refractivity contribution is -0.130. The van der Waals surface area contributed by atoms with Gasteiger partial charge in [-0.05, 0) is 79.3 Å². The molecule has 0 amide bonds. The van der Waals surface area contributed by atoms with Crippen LogP contribution in [0.5, 0.6) is 0 Å². The first-order chi connectivity index (χ1) is 10.9. The van der Waals surface area contributed by atoms with Crippen LogP contribution in [0.2, 0.25) is 0 Å². The van der Waals surface area contributed by atoms with E-state index < -0.39 is 0 Å². The number of hydrogen-bond acceptors (Lipinski definition) is 2. The van der Waals surface area contributed by atoms with Crippen molar-refractivity contribution < 1.29 is 9.59 Å². The van der Waals surface area contributed by atoms with Gasteiger partial charge in [0.25, 0.3) is 0 Å². The van der Waals surface area contributed by atoms with Gasteiger partial charge in [-0.2, -0.15) is 0 Å². The third-order valence-electron chi connectivity index (χ3n) is 8.18. The largest absolute Gasteiger partial charge is 0.300 e. The molecular weight excluding hydrogens is 284 g/mol. The summed E-state index contributed by atoms with van der Waals surface area (Å²) >= 11 is 0. The highest BCUT2D eigenvalue weighted by Gasteiger charge is 2.62. The number of Topliss-reactive ketones (excluding diaryl/α,β-unsaturated/α-hetero) is 1. The van der Waals surface area contributed by atoms with E-state index in [0.29, 0.717) is 29.3 Å². The topological polar surface area (TPSA) is 34.1 Å². The lowest BCUT2D eigenvalue weighted by Crippen LogP contribution is -2.52. The number of hydrogen-bond donors (Lipinski definition) is 0. The molecule has 0 saturated heterocycles. The maximum Gasteiger partial charge on any atom is 0.155 e. The van der Waals surface area contributed by atoms with E-state index in [2.05, 4.69) is 26.0 Å². The van der Waals surface area contributed by atoms with Crippen molar-refractivity contribution in [1.82, 2.24) is 0 Å². The number of rotatable bonds is 1. The number of carbonyl (C=O) groups is 2. The predicted octanol–water partition coefficient (Wildman–Crippen LogP) is 4.50. The SMILES string of the molecule is CC(=O)C1CC[C@@]2(C)C3C=CC4=CC(=O)CCC4C3CCC12C. The normalized spacial score (nSPS) is 48.3. The molecule has 5 unspecified atom stereocenters. The van der Waals surface area contributed by atoms with Crippen molar-refractivity contribution in [2.24, 2.45) is 34.5 Å². The zero-order valence-corrected chi connectivity index (χ0v) is 14.6. The van der Waals surface area contributed by atoms with Gasteiger partial charge in [-0.3, -0.25) is 9.59 Å². The number of fused-ring (bicyclic) bond motifs is 5. The molecule has 2 nitrogen and oxygen atoms in total. The molecule has 0 spiro atoms. The summed E-state index contributed by atoms with van der Waals surface area (Å²) in [5.41, 5.74) is 1.65. The van der Waals surface area contributed by atoms with Crippen LogP contribution in [0.1, 0.15) is 59.3 Å². The molecule has 0 radical (unpaired) electrons. The number of carbonyl (C=O) groups excluding carboxylic acids is 2. The van der Waals surface area contributed by atoms with Gasteiger partial charge in [-0.1, -0.05) is 26.0 Å². The molecule has 0 aliphatic heterocycles. The summed E-state index contributed by atoms with van der Waals surface area (Å²) in [7, 11) is 0. The van der Waals surface area contributed by atoms with Crippen molar-refractivity contribution >= 4 is 11.6 Å². The fourth-order valence-electron chi connectivity index (χ4n) is 6.71. The third kappa shape index (κ3) is 1.93. The van der Waals surface area contributed by atoms with Crippen LogP contribution in [-0.2, 0) is 9.59 Å². The average molecular weight is 312 g/mol. The van der Waals surface area contributed by atoms with Crippen molar-refractivity contribution in [1.29, 1.82) is 0 Å². The quantitative estimate of drug-likeness (QED) is 0.714. The molecule has 23 heavy (non-hydrogen) atoms. The van der Waals surface area contributed by atoms with Crippen LogP contribution in [0, 0.1) is 34.5 Å². The van der Waals surface area contributed by atoms with Gasteiger partial charge >= 0.3 is 0 Å². The maximum atomic E-state index is 12.2. The molecule has 4 aliphatic rings. The van der Waals surface area contributed by atoms with Crippen molar-refractivity contribution in [3.05, 3.63) is 23.8 Å². The Balaban J connectivity index is 1.74. The number of allylic oxidation sites excluding steroid dienone is 4. The minimum Gasteiger partial charge on any atom is -0.300 e. The van der Waals surface area contributed by atoms with Gasteiger partial charge in [-0.15, -0.1) is 0 Å². The van der Waals surface area contributed by atoms with E-state index in [1.54, 1.807) is 6.92 Å². The molecule has 0 aromatic heterocycles. The summed E-state index contributed by atoms with van der Waals surface area (Å²) in [5.74, 6) is 2.73. The summed E-state index contributed by atoms with van der Waals surface area (Å²) in [5, 5.41) is 0. The maximum absolute atomic E-state index is 12.2. The molecule has 0 aromatic carbocycles. The Morgan fingerprint density at radius 1 is 1.13 bits per heavy atom. The van der Waals surface area contributed by atoms with E-state index in [9.17, 15) is 9.59 Å². The molecule has 4 rings (SSSR count). The summed E-state index contributed by atoms with van der Waals surface area (Å²) in [6.07, 6.45) is 12.9. The molecular formula is C21H28O2. The summed E-state index contributed by atoms with van der Waals surface area (Å²) in [4.78, 5) is 24.0. The highest BCUT2D eigenvalue weighted by molar-refractivity contribution is 5.92. The van der Waals surface area contributed by atoms with E-state index >= 15 is 0 Å². The Hall–Kier alpha value is -1.18. The average Bonchev–Trinajstić information content (AvgIpc) is 2.78. The lowest BCUT2D eigenvalue weighted by atomic mass is 9.46.